The van der Waals surface area contributed by atoms with Crippen molar-refractivity contribution in [3.05, 3.63) is 0 Å². The van der Waals surface area contributed by atoms with Crippen LogP contribution in [0.25, 0.3) is 0 Å². The van der Waals surface area contributed by atoms with Gasteiger partial charge in [-0.15, -0.1) is 0 Å². The number of hydrogen-bond acceptors (Lipinski definition) is 7. The van der Waals surface area contributed by atoms with Crippen molar-refractivity contribution in [3.8, 4) is 0 Å². The average molecular weight is 767 g/mol. The van der Waals surface area contributed by atoms with E-state index in [1.54, 1.807) is 0 Å². The molecule has 9 rings (SSSR count). The van der Waals surface area contributed by atoms with Gasteiger partial charge in [0, 0.05) is 0 Å². The van der Waals surface area contributed by atoms with Crippen molar-refractivity contribution in [2.75, 3.05) is 0 Å². The molecule has 0 spiro atoms. The monoisotopic (exact) mass is 765 g/mol. The van der Waals surface area contributed by atoms with Gasteiger partial charge in [0.2, 0.25) is 0 Å². The van der Waals surface area contributed by atoms with Gasteiger partial charge >= 0.3 is 301 Å². The van der Waals surface area contributed by atoms with Gasteiger partial charge in [0.15, 0.2) is 0 Å². The zero-order valence-corrected chi connectivity index (χ0v) is 34.7. The minimum absolute atomic E-state index is 0.444. The zero-order valence-electron chi connectivity index (χ0n) is 29.9. The van der Waals surface area contributed by atoms with Crippen LogP contribution in [0.15, 0.2) is 0 Å². The van der Waals surface area contributed by atoms with E-state index in [1.165, 1.54) is 148 Å². The van der Waals surface area contributed by atoms with E-state index in [0.717, 1.165) is 30.0 Å². The van der Waals surface area contributed by atoms with Gasteiger partial charge in [-0.05, 0) is 0 Å². The second-order valence-electron chi connectivity index (χ2n) is 17.9. The normalized spacial score (nSPS) is 46.5. The molecule has 0 bridgehead atoms. The van der Waals surface area contributed by atoms with Gasteiger partial charge in [-0.25, -0.2) is 0 Å². The molecule has 8 atom stereocenters. The summed E-state index contributed by atoms with van der Waals surface area (Å²) in [6, 6.07) is 5.06. The molecule has 0 aromatic heterocycles. The molecular weight excluding hydrogens is 702 g/mol. The van der Waals surface area contributed by atoms with E-state index in [1.807, 2.05) is 0 Å². The number of rotatable bonds is 7. The van der Waals surface area contributed by atoms with Gasteiger partial charge in [-0.2, -0.15) is 0 Å². The Balaban J connectivity index is 0.810. The second-order valence-corrected chi connectivity index (χ2v) is 25.3. The van der Waals surface area contributed by atoms with Crippen molar-refractivity contribution in [1.29, 1.82) is 0 Å². The van der Waals surface area contributed by atoms with Crippen molar-refractivity contribution >= 4 is 34.4 Å². The molecule has 4 saturated heterocycles. The Morgan fingerprint density at radius 1 is 0.468 bits per heavy atom. The third-order valence-corrected chi connectivity index (χ3v) is 25.9. The summed E-state index contributed by atoms with van der Waals surface area (Å²) in [7, 11) is 0. The third kappa shape index (κ3) is 6.72. The van der Waals surface area contributed by atoms with Crippen LogP contribution in [0, 0.1) is 11.8 Å². The standard InChI is InChI=1S/C18H31NO2.2C10H17NO.2Ga/c20-17-10-6-15(7-11-17)19(14-4-2-1-3-5-14)16-8-12-18(21)13-9-16;2*1-7-5-6-8-3-2-4-9(12)10(8)11-7;;/h14-18H,1-13H2;2*7-10H,2-6H2,1H3;;/q3*-2;2*+3. The SMILES string of the molecule is CC1CCC2CCCC3[O][Ga]([O]C4CCC(N(C5CCCCC5)C5CCC([O][Ga]6[O]C7CCCC8CCC(C)[N]6C87)CC5)CC4)[N]1C23. The first-order valence-electron chi connectivity index (χ1n) is 21.0. The zero-order chi connectivity index (χ0) is 31.5. The van der Waals surface area contributed by atoms with Crippen LogP contribution < -0.4 is 0 Å². The van der Waals surface area contributed by atoms with Crippen LogP contribution in [0.2, 0.25) is 0 Å². The van der Waals surface area contributed by atoms with Gasteiger partial charge in [0.1, 0.15) is 0 Å². The maximum atomic E-state index is 7.11. The topological polar surface area (TPSA) is 46.6 Å². The van der Waals surface area contributed by atoms with Crippen LogP contribution in [0.4, 0.5) is 0 Å². The summed E-state index contributed by atoms with van der Waals surface area (Å²) in [6.07, 6.45) is 33.1. The Labute approximate surface area is 299 Å². The Hall–Kier alpha value is 0.993. The van der Waals surface area contributed by atoms with E-state index >= 15 is 0 Å². The molecule has 0 aromatic carbocycles. The van der Waals surface area contributed by atoms with Crippen LogP contribution in [-0.2, 0) is 14.1 Å². The summed E-state index contributed by atoms with van der Waals surface area (Å²) >= 11 is -4.71. The molecule has 5 aliphatic carbocycles. The molecule has 9 aliphatic rings. The molecule has 5 saturated carbocycles. The molecule has 9 fully saturated rings. The first kappa shape index (κ1) is 33.8. The summed E-state index contributed by atoms with van der Waals surface area (Å²) < 4.78 is 33.7. The van der Waals surface area contributed by atoms with Gasteiger partial charge in [0.05, 0.1) is 0 Å². The molecule has 8 unspecified atom stereocenters. The number of hydrogen-bond donors (Lipinski definition) is 0. The summed E-state index contributed by atoms with van der Waals surface area (Å²) in [5, 5.41) is 0. The van der Waals surface area contributed by atoms with Crippen molar-refractivity contribution in [2.24, 2.45) is 11.8 Å². The fourth-order valence-corrected chi connectivity index (χ4v) is 24.8. The van der Waals surface area contributed by atoms with Crippen molar-refractivity contribution in [1.82, 2.24) is 12.1 Å². The van der Waals surface area contributed by atoms with Gasteiger partial charge < -0.3 is 0 Å². The molecular formula is C38H65Ga2N3O4. The summed E-state index contributed by atoms with van der Waals surface area (Å²) in [4.78, 5) is 3.13. The van der Waals surface area contributed by atoms with Crippen LogP contribution >= 0.6 is 0 Å². The van der Waals surface area contributed by atoms with Gasteiger partial charge in [-0.1, -0.05) is 0 Å². The van der Waals surface area contributed by atoms with Crippen molar-refractivity contribution in [3.63, 3.8) is 0 Å². The molecule has 0 amide bonds. The predicted octanol–water partition coefficient (Wildman–Crippen LogP) is 7.35. The molecule has 4 aliphatic heterocycles. The number of nitrogens with zero attached hydrogens (tertiary/aromatic N) is 3. The number of piperidine rings is 2. The predicted molar refractivity (Wildman–Crippen MR) is 188 cm³/mol. The first-order valence-corrected chi connectivity index (χ1v) is 27.2. The quantitative estimate of drug-likeness (QED) is 0.252. The molecule has 47 heavy (non-hydrogen) atoms. The molecule has 7 nitrogen and oxygen atoms in total. The summed E-state index contributed by atoms with van der Waals surface area (Å²) in [5.74, 6) is 1.76. The molecule has 0 aromatic rings. The minimum atomic E-state index is -2.36. The molecule has 262 valence electrons. The van der Waals surface area contributed by atoms with Crippen molar-refractivity contribution < 1.29 is 14.1 Å². The third-order valence-electron chi connectivity index (χ3n) is 15.3. The van der Waals surface area contributed by atoms with E-state index in [0.29, 0.717) is 48.6 Å². The van der Waals surface area contributed by atoms with E-state index in [9.17, 15) is 0 Å². The van der Waals surface area contributed by atoms with Gasteiger partial charge in [-0.3, -0.25) is 0 Å². The summed E-state index contributed by atoms with van der Waals surface area (Å²) in [6.45, 7) is 4.94. The molecule has 0 N–H and O–H groups in total. The van der Waals surface area contributed by atoms with E-state index < -0.39 is 34.4 Å². The Morgan fingerprint density at radius 2 is 0.915 bits per heavy atom. The van der Waals surface area contributed by atoms with Crippen LogP contribution in [-0.4, -0.2) is 113 Å². The molecule has 9 heteroatoms. The average Bonchev–Trinajstić information content (AvgIpc) is 3.67. The maximum absolute atomic E-state index is 7.11. The Morgan fingerprint density at radius 3 is 1.38 bits per heavy atom. The van der Waals surface area contributed by atoms with E-state index in [4.69, 9.17) is 14.1 Å². The van der Waals surface area contributed by atoms with E-state index in [-0.39, 0.29) is 0 Å². The van der Waals surface area contributed by atoms with Gasteiger partial charge in [0.25, 0.3) is 0 Å². The second kappa shape index (κ2) is 14.8. The van der Waals surface area contributed by atoms with Crippen LogP contribution in [0.3, 0.4) is 0 Å². The fraction of sp³-hybridized carbons (Fsp3) is 1.00. The summed E-state index contributed by atoms with van der Waals surface area (Å²) in [5.41, 5.74) is 0. The van der Waals surface area contributed by atoms with Crippen molar-refractivity contribution in [2.45, 2.75) is 228 Å². The first-order chi connectivity index (χ1) is 23.1. The molecule has 0 radical (unpaired) electrons. The van der Waals surface area contributed by atoms with Crippen LogP contribution in [0.1, 0.15) is 162 Å². The Kier molecular flexibility index (Phi) is 10.6. The molecule has 4 heterocycles. The Bertz CT molecular complexity index is 980. The van der Waals surface area contributed by atoms with E-state index in [2.05, 4.69) is 26.0 Å². The fourth-order valence-electron chi connectivity index (χ4n) is 12.9. The van der Waals surface area contributed by atoms with Crippen LogP contribution in [0.5, 0.6) is 0 Å².